The molecule has 92 valence electrons. The molecule has 2 heterocycles. The summed E-state index contributed by atoms with van der Waals surface area (Å²) < 4.78 is 4.44. The van der Waals surface area contributed by atoms with Gasteiger partial charge < -0.3 is 4.40 Å². The number of nitrogens with zero attached hydrogens (tertiary/aromatic N) is 2. The van der Waals surface area contributed by atoms with Gasteiger partial charge in [-0.2, -0.15) is 0 Å². The topological polar surface area (TPSA) is 9.03 Å². The van der Waals surface area contributed by atoms with Crippen molar-refractivity contribution in [2.75, 3.05) is 0 Å². The summed E-state index contributed by atoms with van der Waals surface area (Å²) in [5.41, 5.74) is 3.74. The molecule has 2 aromatic heterocycles. The van der Waals surface area contributed by atoms with Crippen LogP contribution in [-0.4, -0.2) is 4.57 Å². The average molecular weight is 246 g/mol. The Hall–Kier alpha value is -2.48. The lowest BCUT2D eigenvalue weighted by Gasteiger charge is -1.97. The van der Waals surface area contributed by atoms with Gasteiger partial charge in [0.05, 0.1) is 11.7 Å². The van der Waals surface area contributed by atoms with E-state index in [0.29, 0.717) is 0 Å². The van der Waals surface area contributed by atoms with E-state index < -0.39 is 0 Å². The van der Waals surface area contributed by atoms with Crippen LogP contribution in [0.2, 0.25) is 0 Å². The first-order valence-corrected chi connectivity index (χ1v) is 6.47. The van der Waals surface area contributed by atoms with Crippen LogP contribution in [0.5, 0.6) is 0 Å². The number of aromatic nitrogens is 2. The maximum atomic E-state index is 2.26. The number of hydrogen-bond acceptors (Lipinski definition) is 0. The molecule has 0 bridgehead atoms. The lowest BCUT2D eigenvalue weighted by atomic mass is 10.2. The van der Waals surface area contributed by atoms with Crippen molar-refractivity contribution in [2.45, 2.75) is 6.92 Å². The van der Waals surface area contributed by atoms with Crippen LogP contribution in [0.1, 0.15) is 5.69 Å². The highest BCUT2D eigenvalue weighted by Gasteiger charge is 2.10. The van der Waals surface area contributed by atoms with Crippen LogP contribution < -0.4 is 4.40 Å². The molecule has 4 aromatic rings. The summed E-state index contributed by atoms with van der Waals surface area (Å²) in [4.78, 5) is 0. The molecule has 0 unspecified atom stereocenters. The summed E-state index contributed by atoms with van der Waals surface area (Å²) in [5, 5.41) is 2.65. The number of rotatable bonds is 1. The van der Waals surface area contributed by atoms with Gasteiger partial charge in [0, 0.05) is 5.69 Å². The van der Waals surface area contributed by atoms with E-state index in [0.717, 1.165) is 0 Å². The number of imidazole rings is 1. The summed E-state index contributed by atoms with van der Waals surface area (Å²) in [7, 11) is 0. The molecular formula is C17H14N2. The van der Waals surface area contributed by atoms with Gasteiger partial charge in [0.1, 0.15) is 5.69 Å². The van der Waals surface area contributed by atoms with E-state index in [9.17, 15) is 0 Å². The Morgan fingerprint density at radius 1 is 0.947 bits per heavy atom. The van der Waals surface area contributed by atoms with Crippen molar-refractivity contribution in [3.63, 3.8) is 0 Å². The molecule has 0 atom stereocenters. The average Bonchev–Trinajstić information content (AvgIpc) is 3.01. The van der Waals surface area contributed by atoms with Crippen LogP contribution in [0.25, 0.3) is 22.0 Å². The first kappa shape index (κ1) is 10.4. The first-order chi connectivity index (χ1) is 9.34. The lowest BCUT2D eigenvalue weighted by molar-refractivity contribution is -0.514. The minimum Gasteiger partial charge on any atom is -0.302 e. The summed E-state index contributed by atoms with van der Waals surface area (Å²) in [6.45, 7) is 2.17. The highest BCUT2D eigenvalue weighted by Crippen LogP contribution is 2.22. The SMILES string of the molecule is C[c-]1c2ccccc2c2cn(-c3ccccc3)c[n+]21. The van der Waals surface area contributed by atoms with Crippen molar-refractivity contribution in [1.82, 2.24) is 4.57 Å². The van der Waals surface area contributed by atoms with Crippen LogP contribution in [0.3, 0.4) is 0 Å². The van der Waals surface area contributed by atoms with Crippen molar-refractivity contribution >= 4 is 16.3 Å². The second-order valence-electron chi connectivity index (χ2n) is 4.87. The first-order valence-electron chi connectivity index (χ1n) is 6.47. The fourth-order valence-corrected chi connectivity index (χ4v) is 2.77. The minimum atomic E-state index is 1.19. The second-order valence-corrected chi connectivity index (χ2v) is 4.87. The van der Waals surface area contributed by atoms with Gasteiger partial charge in [0.15, 0.2) is 6.33 Å². The second kappa shape index (κ2) is 3.75. The highest BCUT2D eigenvalue weighted by atomic mass is 15.1. The monoisotopic (exact) mass is 246 g/mol. The van der Waals surface area contributed by atoms with Gasteiger partial charge in [-0.15, -0.1) is 6.07 Å². The third-order valence-corrected chi connectivity index (χ3v) is 3.77. The lowest BCUT2D eigenvalue weighted by Crippen LogP contribution is -2.18. The number of benzene rings is 2. The Labute approximate surface area is 111 Å². The third-order valence-electron chi connectivity index (χ3n) is 3.77. The zero-order chi connectivity index (χ0) is 12.8. The molecule has 4 rings (SSSR count). The molecule has 0 saturated carbocycles. The zero-order valence-electron chi connectivity index (χ0n) is 10.7. The van der Waals surface area contributed by atoms with E-state index in [-0.39, 0.29) is 0 Å². The quantitative estimate of drug-likeness (QED) is 0.359. The van der Waals surface area contributed by atoms with Crippen molar-refractivity contribution in [1.29, 1.82) is 0 Å². The summed E-state index contributed by atoms with van der Waals surface area (Å²) in [5.74, 6) is 0. The smallest absolute Gasteiger partial charge is 0.190 e. The van der Waals surface area contributed by atoms with Gasteiger partial charge in [0.25, 0.3) is 0 Å². The Morgan fingerprint density at radius 3 is 2.53 bits per heavy atom. The standard InChI is InChI=1S/C17H14N2/c1-13-15-9-5-6-10-16(15)17-11-18(12-19(13)17)14-7-3-2-4-8-14/h2-12H,1H3. The molecule has 0 radical (unpaired) electrons. The summed E-state index contributed by atoms with van der Waals surface area (Å²) in [6.07, 6.45) is 4.35. The Morgan fingerprint density at radius 2 is 1.68 bits per heavy atom. The molecular weight excluding hydrogens is 232 g/mol. The molecule has 0 aliphatic rings. The van der Waals surface area contributed by atoms with Gasteiger partial charge in [0.2, 0.25) is 0 Å². The molecule has 0 aliphatic heterocycles. The minimum absolute atomic E-state index is 1.19. The maximum Gasteiger partial charge on any atom is 0.190 e. The normalized spacial score (nSPS) is 11.4. The molecule has 0 fully saturated rings. The Kier molecular flexibility index (Phi) is 2.06. The van der Waals surface area contributed by atoms with Crippen molar-refractivity contribution in [2.24, 2.45) is 0 Å². The number of hydrogen-bond donors (Lipinski definition) is 0. The number of fused-ring (bicyclic) bond motifs is 3. The van der Waals surface area contributed by atoms with Gasteiger partial charge in [-0.25, -0.2) is 4.57 Å². The van der Waals surface area contributed by atoms with Gasteiger partial charge in [-0.1, -0.05) is 47.2 Å². The van der Waals surface area contributed by atoms with Crippen LogP contribution in [0, 0.1) is 6.92 Å². The van der Waals surface area contributed by atoms with Crippen LogP contribution in [0.15, 0.2) is 67.1 Å². The van der Waals surface area contributed by atoms with E-state index >= 15 is 0 Å². The van der Waals surface area contributed by atoms with E-state index in [1.807, 2.05) is 6.07 Å². The predicted molar refractivity (Wildman–Crippen MR) is 76.8 cm³/mol. The fraction of sp³-hybridized carbons (Fsp3) is 0.0588. The van der Waals surface area contributed by atoms with Crippen LogP contribution >= 0.6 is 0 Å². The van der Waals surface area contributed by atoms with Crippen molar-refractivity contribution in [3.8, 4) is 5.69 Å². The number of para-hydroxylation sites is 1. The molecule has 2 aromatic carbocycles. The molecule has 0 amide bonds. The van der Waals surface area contributed by atoms with E-state index in [2.05, 4.69) is 76.9 Å². The van der Waals surface area contributed by atoms with Gasteiger partial charge in [-0.05, 0) is 19.1 Å². The molecule has 0 N–H and O–H groups in total. The molecule has 19 heavy (non-hydrogen) atoms. The van der Waals surface area contributed by atoms with E-state index in [4.69, 9.17) is 0 Å². The Bertz CT molecular complexity index is 866. The molecule has 0 spiro atoms. The van der Waals surface area contributed by atoms with Gasteiger partial charge >= 0.3 is 0 Å². The molecule has 2 heteroatoms. The van der Waals surface area contributed by atoms with Crippen LogP contribution in [-0.2, 0) is 0 Å². The Balaban J connectivity index is 2.05. The van der Waals surface area contributed by atoms with E-state index in [1.54, 1.807) is 0 Å². The molecule has 0 aliphatic carbocycles. The summed E-state index contributed by atoms with van der Waals surface area (Å²) >= 11 is 0. The largest absolute Gasteiger partial charge is 0.302 e. The third kappa shape index (κ3) is 1.43. The molecule has 2 nitrogen and oxygen atoms in total. The highest BCUT2D eigenvalue weighted by molar-refractivity contribution is 5.95. The van der Waals surface area contributed by atoms with E-state index in [1.165, 1.54) is 27.7 Å². The zero-order valence-corrected chi connectivity index (χ0v) is 10.7. The van der Waals surface area contributed by atoms with Crippen molar-refractivity contribution < 1.29 is 4.40 Å². The van der Waals surface area contributed by atoms with Crippen LogP contribution in [0.4, 0.5) is 0 Å². The molecule has 0 saturated heterocycles. The number of aryl methyl sites for hydroxylation is 1. The van der Waals surface area contributed by atoms with Crippen molar-refractivity contribution in [3.05, 3.63) is 72.8 Å². The fourth-order valence-electron chi connectivity index (χ4n) is 2.77. The summed E-state index contributed by atoms with van der Waals surface area (Å²) in [6, 6.07) is 19.0. The maximum absolute atomic E-state index is 2.26. The van der Waals surface area contributed by atoms with Gasteiger partial charge in [-0.3, -0.25) is 0 Å². The predicted octanol–water partition coefficient (Wildman–Crippen LogP) is 3.40.